The Labute approximate surface area is 188 Å². The number of rotatable bonds is 10. The molecule has 2 aromatic rings. The molecule has 1 aliphatic heterocycles. The molecule has 0 saturated carbocycles. The average molecular weight is 447 g/mol. The molecule has 0 bridgehead atoms. The van der Waals surface area contributed by atoms with Gasteiger partial charge in [-0.05, 0) is 71.0 Å². The summed E-state index contributed by atoms with van der Waals surface area (Å²) in [5.74, 6) is 1.95. The van der Waals surface area contributed by atoms with Gasteiger partial charge in [-0.3, -0.25) is 4.21 Å². The number of benzene rings is 2. The Bertz CT molecular complexity index is 850. The van der Waals surface area contributed by atoms with Crippen LogP contribution in [0.2, 0.25) is 11.8 Å². The summed E-state index contributed by atoms with van der Waals surface area (Å²) in [4.78, 5) is 0. The first-order valence-electron chi connectivity index (χ1n) is 10.8. The normalized spacial score (nSPS) is 17.8. The number of fused-ring (bicyclic) bond motifs is 1. The molecular weight excluding hydrogens is 415 g/mol. The number of ether oxygens (including phenoxy) is 1. The van der Waals surface area contributed by atoms with Gasteiger partial charge in [0.15, 0.2) is 0 Å². The zero-order valence-corrected chi connectivity index (χ0v) is 19.7. The lowest BCUT2D eigenvalue weighted by Crippen LogP contribution is -2.39. The fraction of sp³-hybridized carbons (Fsp3) is 0.478. The van der Waals surface area contributed by atoms with Crippen LogP contribution in [0.4, 0.5) is 0 Å². The summed E-state index contributed by atoms with van der Waals surface area (Å²) in [6.07, 6.45) is 1.96. The molecule has 1 heterocycles. The lowest BCUT2D eigenvalue weighted by atomic mass is 9.83. The first-order chi connectivity index (χ1) is 14.5. The minimum atomic E-state index is -0.828. The van der Waals surface area contributed by atoms with Crippen LogP contribution in [0.25, 0.3) is 0 Å². The van der Waals surface area contributed by atoms with Gasteiger partial charge in [0.1, 0.15) is 5.75 Å². The van der Waals surface area contributed by atoms with Gasteiger partial charge in [-0.2, -0.15) is 0 Å². The van der Waals surface area contributed by atoms with Crippen molar-refractivity contribution in [3.63, 3.8) is 0 Å². The van der Waals surface area contributed by atoms with Crippen molar-refractivity contribution < 1.29 is 8.95 Å². The highest BCUT2D eigenvalue weighted by Gasteiger charge is 2.26. The predicted molar refractivity (Wildman–Crippen MR) is 129 cm³/mol. The molecule has 3 rings (SSSR count). The Balaban J connectivity index is 1.62. The van der Waals surface area contributed by atoms with Crippen LogP contribution >= 0.6 is 11.6 Å². The van der Waals surface area contributed by atoms with E-state index in [1.807, 2.05) is 19.0 Å². The molecule has 2 N–H and O–H groups in total. The minimum absolute atomic E-state index is 0.00844. The molecule has 0 fully saturated rings. The van der Waals surface area contributed by atoms with E-state index >= 15 is 0 Å². The maximum atomic E-state index is 12.0. The fourth-order valence-corrected chi connectivity index (χ4v) is 5.14. The van der Waals surface area contributed by atoms with Crippen molar-refractivity contribution in [1.82, 2.24) is 10.5 Å². The lowest BCUT2D eigenvalue weighted by molar-refractivity contribution is 0.321. The van der Waals surface area contributed by atoms with Crippen molar-refractivity contribution in [1.29, 1.82) is 0 Å². The van der Waals surface area contributed by atoms with Crippen molar-refractivity contribution in [3.05, 3.63) is 64.2 Å². The summed E-state index contributed by atoms with van der Waals surface area (Å²) in [5.41, 5.74) is 3.97. The standard InChI is InChI=1S/C23H32BClN2O2S/c1-4-15-30(28)24(3)27-13-14-29-21-10-7-19-11-12-26-23(22(19)16-21)17(2)18-5-8-20(25)9-6-18/h5-10,16-17,23,26-27H,4,11-15H2,1-3H3. The fourth-order valence-electron chi connectivity index (χ4n) is 3.96. The van der Waals surface area contributed by atoms with E-state index in [-0.39, 0.29) is 12.2 Å². The Morgan fingerprint density at radius 1 is 1.30 bits per heavy atom. The average Bonchev–Trinajstić information content (AvgIpc) is 2.76. The van der Waals surface area contributed by atoms with Crippen LogP contribution in [0.1, 0.15) is 48.9 Å². The topological polar surface area (TPSA) is 50.4 Å². The molecule has 0 saturated heterocycles. The molecule has 4 nitrogen and oxygen atoms in total. The molecule has 2 aromatic carbocycles. The van der Waals surface area contributed by atoms with Gasteiger partial charge in [0.05, 0.1) is 6.61 Å². The van der Waals surface area contributed by atoms with Crippen molar-refractivity contribution in [2.75, 3.05) is 25.4 Å². The summed E-state index contributed by atoms with van der Waals surface area (Å²) in [7, 11) is -0.828. The number of hydrogen-bond donors (Lipinski definition) is 2. The molecule has 3 unspecified atom stereocenters. The van der Waals surface area contributed by atoms with Crippen LogP contribution in [0.5, 0.6) is 5.75 Å². The van der Waals surface area contributed by atoms with Gasteiger partial charge >= 0.3 is 6.13 Å². The van der Waals surface area contributed by atoms with Gasteiger partial charge in [-0.15, -0.1) is 0 Å². The van der Waals surface area contributed by atoms with Gasteiger partial charge in [0.25, 0.3) is 0 Å². The molecule has 0 amide bonds. The molecule has 162 valence electrons. The van der Waals surface area contributed by atoms with Crippen molar-refractivity contribution in [3.8, 4) is 5.75 Å². The molecule has 0 radical (unpaired) electrons. The van der Waals surface area contributed by atoms with Crippen molar-refractivity contribution in [2.45, 2.75) is 45.5 Å². The SMILES string of the molecule is CCCS(=O)B(C)NCCOc1ccc2c(c1)C(C(C)c1ccc(Cl)cc1)NCC2. The molecule has 0 spiro atoms. The molecule has 1 aliphatic rings. The van der Waals surface area contributed by atoms with Crippen LogP contribution in [0.3, 0.4) is 0 Å². The summed E-state index contributed by atoms with van der Waals surface area (Å²) in [6.45, 7) is 8.49. The summed E-state index contributed by atoms with van der Waals surface area (Å²) in [5, 5.41) is 7.76. The molecule has 3 atom stereocenters. The third-order valence-electron chi connectivity index (χ3n) is 5.71. The zero-order chi connectivity index (χ0) is 21.5. The van der Waals surface area contributed by atoms with Crippen LogP contribution in [0, 0.1) is 0 Å². The van der Waals surface area contributed by atoms with E-state index in [1.165, 1.54) is 16.7 Å². The van der Waals surface area contributed by atoms with Crippen LogP contribution in [0.15, 0.2) is 42.5 Å². The van der Waals surface area contributed by atoms with Crippen LogP contribution in [-0.2, 0) is 17.1 Å². The number of hydrogen-bond acceptors (Lipinski definition) is 4. The van der Waals surface area contributed by atoms with Crippen LogP contribution in [-0.4, -0.2) is 35.8 Å². The van der Waals surface area contributed by atoms with Gasteiger partial charge in [-0.25, -0.2) is 0 Å². The molecule has 30 heavy (non-hydrogen) atoms. The zero-order valence-electron chi connectivity index (χ0n) is 18.1. The number of halogens is 1. The van der Waals surface area contributed by atoms with Gasteiger partial charge in [0, 0.05) is 29.3 Å². The number of nitrogens with one attached hydrogen (secondary N) is 2. The second-order valence-corrected chi connectivity index (χ2v) is 10.2. The first-order valence-corrected chi connectivity index (χ1v) is 12.6. The molecule has 0 aromatic heterocycles. The highest BCUT2D eigenvalue weighted by atomic mass is 35.5. The smallest absolute Gasteiger partial charge is 0.327 e. The van der Waals surface area contributed by atoms with E-state index in [0.29, 0.717) is 19.1 Å². The Morgan fingerprint density at radius 2 is 2.07 bits per heavy atom. The predicted octanol–water partition coefficient (Wildman–Crippen LogP) is 4.58. The van der Waals surface area contributed by atoms with E-state index < -0.39 is 10.7 Å². The quantitative estimate of drug-likeness (QED) is 0.414. The molecule has 0 aliphatic carbocycles. The van der Waals surface area contributed by atoms with Crippen molar-refractivity contribution in [2.24, 2.45) is 0 Å². The van der Waals surface area contributed by atoms with Crippen LogP contribution < -0.4 is 15.3 Å². The highest BCUT2D eigenvalue weighted by Crippen LogP contribution is 2.36. The van der Waals surface area contributed by atoms with E-state index in [1.54, 1.807) is 0 Å². The Morgan fingerprint density at radius 3 is 2.80 bits per heavy atom. The van der Waals surface area contributed by atoms with Gasteiger partial charge < -0.3 is 15.3 Å². The Hall–Kier alpha value is -1.34. The van der Waals surface area contributed by atoms with Gasteiger partial charge in [-0.1, -0.05) is 50.5 Å². The summed E-state index contributed by atoms with van der Waals surface area (Å²) in [6, 6.07) is 14.8. The Kier molecular flexibility index (Phi) is 8.81. The second kappa shape index (κ2) is 11.3. The first kappa shape index (κ1) is 23.3. The van der Waals surface area contributed by atoms with E-state index in [0.717, 1.165) is 35.9 Å². The minimum Gasteiger partial charge on any atom is -0.492 e. The maximum Gasteiger partial charge on any atom is 0.327 e. The lowest BCUT2D eigenvalue weighted by Gasteiger charge is -2.32. The summed E-state index contributed by atoms with van der Waals surface area (Å²) < 4.78 is 18.0. The molecular formula is C23H32BClN2O2S. The largest absolute Gasteiger partial charge is 0.492 e. The third kappa shape index (κ3) is 6.10. The van der Waals surface area contributed by atoms with E-state index in [2.05, 4.69) is 54.7 Å². The van der Waals surface area contributed by atoms with E-state index in [9.17, 15) is 4.21 Å². The van der Waals surface area contributed by atoms with Crippen molar-refractivity contribution >= 4 is 28.4 Å². The monoisotopic (exact) mass is 446 g/mol. The second-order valence-electron chi connectivity index (χ2n) is 7.91. The highest BCUT2D eigenvalue weighted by molar-refractivity contribution is 8.12. The third-order valence-corrected chi connectivity index (χ3v) is 7.73. The molecule has 7 heteroatoms. The van der Waals surface area contributed by atoms with Gasteiger partial charge in [0.2, 0.25) is 0 Å². The maximum absolute atomic E-state index is 12.0. The summed E-state index contributed by atoms with van der Waals surface area (Å²) >= 11 is 6.06. The van der Waals surface area contributed by atoms with E-state index in [4.69, 9.17) is 16.3 Å².